The van der Waals surface area contributed by atoms with Crippen LogP contribution in [0.1, 0.15) is 25.6 Å². The molecule has 1 heterocycles. The van der Waals surface area contributed by atoms with Gasteiger partial charge in [0.25, 0.3) is 5.56 Å². The smallest absolute Gasteiger partial charge is 0.252 e. The highest BCUT2D eigenvalue weighted by Gasteiger charge is 2.04. The molecule has 0 fully saturated rings. The second-order valence-corrected chi connectivity index (χ2v) is 5.11. The lowest BCUT2D eigenvalue weighted by molar-refractivity contribution is 0.767. The number of hydrogen-bond donors (Lipinski definition) is 2. The molecule has 5 heteroatoms. The van der Waals surface area contributed by atoms with Gasteiger partial charge in [-0.2, -0.15) is 11.8 Å². The van der Waals surface area contributed by atoms with Crippen molar-refractivity contribution in [1.29, 1.82) is 0 Å². The summed E-state index contributed by atoms with van der Waals surface area (Å²) < 4.78 is 0. The van der Waals surface area contributed by atoms with E-state index in [9.17, 15) is 4.79 Å². The molecule has 0 amide bonds. The van der Waals surface area contributed by atoms with Gasteiger partial charge in [-0.05, 0) is 0 Å². The van der Waals surface area contributed by atoms with Crippen LogP contribution in [-0.2, 0) is 0 Å². The summed E-state index contributed by atoms with van der Waals surface area (Å²) in [5.74, 6) is 3.51. The van der Waals surface area contributed by atoms with E-state index in [1.165, 1.54) is 6.07 Å². The van der Waals surface area contributed by atoms with Gasteiger partial charge in [0.1, 0.15) is 11.6 Å². The molecule has 1 aromatic rings. The zero-order valence-corrected chi connectivity index (χ0v) is 11.1. The molecule has 94 valence electrons. The Morgan fingerprint density at radius 1 is 1.65 bits per heavy atom. The molecule has 0 saturated carbocycles. The number of nitrogens with zero attached hydrogens (tertiary/aromatic N) is 1. The molecule has 1 rings (SSSR count). The molecule has 0 atom stereocenters. The van der Waals surface area contributed by atoms with E-state index in [0.29, 0.717) is 5.82 Å². The number of aromatic amines is 1. The van der Waals surface area contributed by atoms with E-state index in [1.807, 2.05) is 19.9 Å². The maximum Gasteiger partial charge on any atom is 0.252 e. The van der Waals surface area contributed by atoms with Gasteiger partial charge in [0.15, 0.2) is 0 Å². The lowest BCUT2D eigenvalue weighted by atomic mass is 10.2. The standard InChI is InChI=1S/C12H19N3OS/c1-4-6-17-7-5-13-10-8-11(16)15-12(14-10)9(2)3/h4,8-9H,1,5-7H2,2-3H3,(H2,13,14,15,16). The number of nitrogens with one attached hydrogen (secondary N) is 2. The third-order valence-electron chi connectivity index (χ3n) is 2.10. The highest BCUT2D eigenvalue weighted by Crippen LogP contribution is 2.09. The number of rotatable bonds is 7. The summed E-state index contributed by atoms with van der Waals surface area (Å²) in [5, 5.41) is 3.15. The quantitative estimate of drug-likeness (QED) is 0.578. The van der Waals surface area contributed by atoms with E-state index >= 15 is 0 Å². The number of aromatic nitrogens is 2. The maximum absolute atomic E-state index is 11.4. The summed E-state index contributed by atoms with van der Waals surface area (Å²) in [5.41, 5.74) is -0.107. The van der Waals surface area contributed by atoms with Crippen LogP contribution >= 0.6 is 11.8 Å². The molecule has 0 unspecified atom stereocenters. The van der Waals surface area contributed by atoms with E-state index in [2.05, 4.69) is 21.9 Å². The average molecular weight is 253 g/mol. The van der Waals surface area contributed by atoms with Crippen LogP contribution in [0.4, 0.5) is 5.82 Å². The molecule has 0 bridgehead atoms. The number of thioether (sulfide) groups is 1. The molecular weight excluding hydrogens is 234 g/mol. The summed E-state index contributed by atoms with van der Waals surface area (Å²) in [6, 6.07) is 1.49. The monoisotopic (exact) mass is 253 g/mol. The van der Waals surface area contributed by atoms with Crippen molar-refractivity contribution in [3.05, 3.63) is 34.9 Å². The molecule has 0 aromatic carbocycles. The van der Waals surface area contributed by atoms with Crippen LogP contribution in [0.5, 0.6) is 0 Å². The molecule has 0 radical (unpaired) electrons. The Bertz CT molecular complexity index is 414. The molecule has 0 aliphatic rings. The van der Waals surface area contributed by atoms with Crippen molar-refractivity contribution in [1.82, 2.24) is 9.97 Å². The van der Waals surface area contributed by atoms with Crippen molar-refractivity contribution < 1.29 is 0 Å². The molecule has 0 saturated heterocycles. The van der Waals surface area contributed by atoms with E-state index in [0.717, 1.165) is 23.9 Å². The van der Waals surface area contributed by atoms with E-state index < -0.39 is 0 Å². The maximum atomic E-state index is 11.4. The van der Waals surface area contributed by atoms with Crippen molar-refractivity contribution in [2.24, 2.45) is 0 Å². The Balaban J connectivity index is 2.53. The Morgan fingerprint density at radius 2 is 2.41 bits per heavy atom. The van der Waals surface area contributed by atoms with Crippen LogP contribution < -0.4 is 10.9 Å². The van der Waals surface area contributed by atoms with Crippen molar-refractivity contribution in [3.8, 4) is 0 Å². The van der Waals surface area contributed by atoms with Crippen molar-refractivity contribution in [2.45, 2.75) is 19.8 Å². The summed E-state index contributed by atoms with van der Waals surface area (Å²) in [4.78, 5) is 18.5. The average Bonchev–Trinajstić information content (AvgIpc) is 2.28. The molecule has 4 nitrogen and oxygen atoms in total. The zero-order valence-electron chi connectivity index (χ0n) is 10.3. The van der Waals surface area contributed by atoms with E-state index in [-0.39, 0.29) is 11.5 Å². The lowest BCUT2D eigenvalue weighted by Crippen LogP contribution is -2.15. The molecule has 1 aromatic heterocycles. The van der Waals surface area contributed by atoms with E-state index in [1.54, 1.807) is 11.8 Å². The predicted molar refractivity (Wildman–Crippen MR) is 75.0 cm³/mol. The minimum atomic E-state index is -0.107. The molecule has 0 spiro atoms. The van der Waals surface area contributed by atoms with Crippen molar-refractivity contribution in [3.63, 3.8) is 0 Å². The molecule has 0 aliphatic carbocycles. The fourth-order valence-electron chi connectivity index (χ4n) is 1.26. The summed E-state index contributed by atoms with van der Waals surface area (Å²) in [6.07, 6.45) is 1.88. The minimum Gasteiger partial charge on any atom is -0.369 e. The van der Waals surface area contributed by atoms with Crippen LogP contribution in [-0.4, -0.2) is 28.0 Å². The third kappa shape index (κ3) is 5.08. The second-order valence-electron chi connectivity index (χ2n) is 3.96. The lowest BCUT2D eigenvalue weighted by Gasteiger charge is -2.08. The Hall–Kier alpha value is -1.23. The van der Waals surface area contributed by atoms with Gasteiger partial charge in [0.2, 0.25) is 0 Å². The first-order valence-corrected chi connectivity index (χ1v) is 6.82. The van der Waals surface area contributed by atoms with Gasteiger partial charge < -0.3 is 10.3 Å². The Labute approximate surface area is 106 Å². The summed E-state index contributed by atoms with van der Waals surface area (Å²) >= 11 is 1.79. The van der Waals surface area contributed by atoms with Crippen LogP contribution in [0.15, 0.2) is 23.5 Å². The Kier molecular flexibility index (Phi) is 5.83. The fraction of sp³-hybridized carbons (Fsp3) is 0.500. The highest BCUT2D eigenvalue weighted by atomic mass is 32.2. The van der Waals surface area contributed by atoms with Gasteiger partial charge in [0.05, 0.1) is 0 Å². The van der Waals surface area contributed by atoms with Crippen LogP contribution in [0.25, 0.3) is 0 Å². The zero-order chi connectivity index (χ0) is 12.7. The fourth-order valence-corrected chi connectivity index (χ4v) is 1.84. The topological polar surface area (TPSA) is 57.8 Å². The first-order chi connectivity index (χ1) is 8.13. The predicted octanol–water partition coefficient (Wildman–Crippen LogP) is 2.22. The van der Waals surface area contributed by atoms with Crippen molar-refractivity contribution >= 4 is 17.6 Å². The van der Waals surface area contributed by atoms with Gasteiger partial charge in [-0.3, -0.25) is 4.79 Å². The molecule has 2 N–H and O–H groups in total. The van der Waals surface area contributed by atoms with Crippen LogP contribution in [0.2, 0.25) is 0 Å². The number of hydrogen-bond acceptors (Lipinski definition) is 4. The largest absolute Gasteiger partial charge is 0.369 e. The molecule has 0 aliphatic heterocycles. The van der Waals surface area contributed by atoms with Gasteiger partial charge >= 0.3 is 0 Å². The first kappa shape index (κ1) is 13.8. The minimum absolute atomic E-state index is 0.107. The molecule has 17 heavy (non-hydrogen) atoms. The SMILES string of the molecule is C=CCSCCNc1cc(=O)[nH]c(C(C)C)n1. The Morgan fingerprint density at radius 3 is 3.06 bits per heavy atom. The summed E-state index contributed by atoms with van der Waals surface area (Å²) in [7, 11) is 0. The normalized spacial score (nSPS) is 10.5. The number of H-pyrrole nitrogens is 1. The van der Waals surface area contributed by atoms with Crippen molar-refractivity contribution in [2.75, 3.05) is 23.4 Å². The van der Waals surface area contributed by atoms with Crippen LogP contribution in [0.3, 0.4) is 0 Å². The molecular formula is C12H19N3OS. The van der Waals surface area contributed by atoms with Crippen LogP contribution in [0, 0.1) is 0 Å². The summed E-state index contributed by atoms with van der Waals surface area (Å²) in [6.45, 7) is 8.46. The number of anilines is 1. The third-order valence-corrected chi connectivity index (χ3v) is 3.06. The van der Waals surface area contributed by atoms with Gasteiger partial charge in [0, 0.05) is 30.0 Å². The van der Waals surface area contributed by atoms with Gasteiger partial charge in [-0.15, -0.1) is 6.58 Å². The second kappa shape index (κ2) is 7.17. The first-order valence-electron chi connectivity index (χ1n) is 5.67. The highest BCUT2D eigenvalue weighted by molar-refractivity contribution is 7.99. The van der Waals surface area contributed by atoms with Gasteiger partial charge in [-0.1, -0.05) is 19.9 Å². The van der Waals surface area contributed by atoms with Gasteiger partial charge in [-0.25, -0.2) is 4.98 Å². The van der Waals surface area contributed by atoms with E-state index in [4.69, 9.17) is 0 Å².